The molecule has 0 radical (unpaired) electrons. The highest BCUT2D eigenvalue weighted by molar-refractivity contribution is 5.96. The molecule has 1 amide bonds. The SMILES string of the molecule is CCN(CCN)C(=O)c1cccnc1OC. The Hall–Kier alpha value is -1.62. The Kier molecular flexibility index (Phi) is 4.72. The highest BCUT2D eigenvalue weighted by Gasteiger charge is 2.17. The first-order chi connectivity index (χ1) is 7.74. The van der Waals surface area contributed by atoms with Gasteiger partial charge >= 0.3 is 0 Å². The molecule has 1 heterocycles. The second kappa shape index (κ2) is 6.07. The minimum absolute atomic E-state index is 0.0992. The van der Waals surface area contributed by atoms with Gasteiger partial charge in [0.2, 0.25) is 5.88 Å². The van der Waals surface area contributed by atoms with E-state index in [1.807, 2.05) is 6.92 Å². The molecule has 0 unspecified atom stereocenters. The maximum absolute atomic E-state index is 12.1. The van der Waals surface area contributed by atoms with E-state index >= 15 is 0 Å². The lowest BCUT2D eigenvalue weighted by molar-refractivity contribution is 0.0765. The third kappa shape index (κ3) is 2.70. The molecule has 2 N–H and O–H groups in total. The van der Waals surface area contributed by atoms with Crippen molar-refractivity contribution in [2.75, 3.05) is 26.7 Å². The van der Waals surface area contributed by atoms with Crippen LogP contribution in [0.3, 0.4) is 0 Å². The number of hydrogen-bond donors (Lipinski definition) is 1. The average Bonchev–Trinajstić information content (AvgIpc) is 2.35. The van der Waals surface area contributed by atoms with Gasteiger partial charge in [0.15, 0.2) is 0 Å². The summed E-state index contributed by atoms with van der Waals surface area (Å²) in [6, 6.07) is 3.42. The number of ether oxygens (including phenoxy) is 1. The van der Waals surface area contributed by atoms with Crippen molar-refractivity contribution in [3.05, 3.63) is 23.9 Å². The summed E-state index contributed by atoms with van der Waals surface area (Å²) in [7, 11) is 1.50. The van der Waals surface area contributed by atoms with E-state index in [2.05, 4.69) is 4.98 Å². The summed E-state index contributed by atoms with van der Waals surface area (Å²) in [6.07, 6.45) is 1.59. The number of carbonyl (C=O) groups excluding carboxylic acids is 1. The number of methoxy groups -OCH3 is 1. The summed E-state index contributed by atoms with van der Waals surface area (Å²) in [4.78, 5) is 17.8. The highest BCUT2D eigenvalue weighted by Crippen LogP contribution is 2.15. The molecule has 0 atom stereocenters. The van der Waals surface area contributed by atoms with E-state index in [0.29, 0.717) is 31.1 Å². The fraction of sp³-hybridized carbons (Fsp3) is 0.455. The monoisotopic (exact) mass is 223 g/mol. The number of hydrogen-bond acceptors (Lipinski definition) is 4. The first-order valence-corrected chi connectivity index (χ1v) is 5.23. The average molecular weight is 223 g/mol. The van der Waals surface area contributed by atoms with Crippen molar-refractivity contribution < 1.29 is 9.53 Å². The van der Waals surface area contributed by atoms with Crippen molar-refractivity contribution in [3.8, 4) is 5.88 Å². The number of likely N-dealkylation sites (N-methyl/N-ethyl adjacent to an activating group) is 1. The molecule has 0 aromatic carbocycles. The fourth-order valence-corrected chi connectivity index (χ4v) is 1.45. The Morgan fingerprint density at radius 3 is 2.94 bits per heavy atom. The van der Waals surface area contributed by atoms with Gasteiger partial charge in [-0.25, -0.2) is 4.98 Å². The third-order valence-corrected chi connectivity index (χ3v) is 2.26. The molecular weight excluding hydrogens is 206 g/mol. The van der Waals surface area contributed by atoms with Gasteiger partial charge in [-0.2, -0.15) is 0 Å². The molecule has 0 bridgehead atoms. The third-order valence-electron chi connectivity index (χ3n) is 2.26. The number of nitrogens with zero attached hydrogens (tertiary/aromatic N) is 2. The van der Waals surface area contributed by atoms with Gasteiger partial charge in [-0.05, 0) is 19.1 Å². The van der Waals surface area contributed by atoms with Crippen LogP contribution in [-0.2, 0) is 0 Å². The summed E-state index contributed by atoms with van der Waals surface area (Å²) in [6.45, 7) is 3.51. The largest absolute Gasteiger partial charge is 0.480 e. The van der Waals surface area contributed by atoms with Crippen molar-refractivity contribution in [2.45, 2.75) is 6.92 Å². The van der Waals surface area contributed by atoms with E-state index in [9.17, 15) is 4.79 Å². The highest BCUT2D eigenvalue weighted by atomic mass is 16.5. The second-order valence-corrected chi connectivity index (χ2v) is 3.23. The normalized spacial score (nSPS) is 9.94. The van der Waals surface area contributed by atoms with Crippen LogP contribution < -0.4 is 10.5 Å². The maximum atomic E-state index is 12.1. The van der Waals surface area contributed by atoms with E-state index in [1.165, 1.54) is 7.11 Å². The first kappa shape index (κ1) is 12.4. The van der Waals surface area contributed by atoms with Gasteiger partial charge in [0.1, 0.15) is 5.56 Å². The van der Waals surface area contributed by atoms with E-state index in [-0.39, 0.29) is 5.91 Å². The lowest BCUT2D eigenvalue weighted by atomic mass is 10.2. The molecule has 0 saturated carbocycles. The summed E-state index contributed by atoms with van der Waals surface area (Å²) in [5.41, 5.74) is 5.92. The van der Waals surface area contributed by atoms with Crippen LogP contribution in [-0.4, -0.2) is 42.5 Å². The maximum Gasteiger partial charge on any atom is 0.259 e. The van der Waals surface area contributed by atoms with E-state index in [1.54, 1.807) is 23.2 Å². The zero-order valence-electron chi connectivity index (χ0n) is 9.64. The van der Waals surface area contributed by atoms with Gasteiger partial charge in [0, 0.05) is 25.8 Å². The summed E-state index contributed by atoms with van der Waals surface area (Å²) in [5, 5.41) is 0. The smallest absolute Gasteiger partial charge is 0.259 e. The molecule has 16 heavy (non-hydrogen) atoms. The Morgan fingerprint density at radius 1 is 1.62 bits per heavy atom. The van der Waals surface area contributed by atoms with Crippen LogP contribution in [0.4, 0.5) is 0 Å². The predicted octanol–water partition coefficient (Wildman–Crippen LogP) is 0.511. The van der Waals surface area contributed by atoms with Crippen LogP contribution in [0.1, 0.15) is 17.3 Å². The Bertz CT molecular complexity index is 355. The molecule has 0 fully saturated rings. The minimum atomic E-state index is -0.0992. The van der Waals surface area contributed by atoms with Gasteiger partial charge < -0.3 is 15.4 Å². The number of nitrogens with two attached hydrogens (primary N) is 1. The molecule has 0 saturated heterocycles. The topological polar surface area (TPSA) is 68.5 Å². The van der Waals surface area contributed by atoms with Crippen molar-refractivity contribution in [3.63, 3.8) is 0 Å². The summed E-state index contributed by atoms with van der Waals surface area (Å²) < 4.78 is 5.05. The van der Waals surface area contributed by atoms with Gasteiger partial charge in [0.05, 0.1) is 7.11 Å². The molecular formula is C11H17N3O2. The van der Waals surface area contributed by atoms with Crippen LogP contribution >= 0.6 is 0 Å². The molecule has 0 aliphatic carbocycles. The molecule has 1 aromatic heterocycles. The zero-order valence-corrected chi connectivity index (χ0v) is 9.64. The predicted molar refractivity (Wildman–Crippen MR) is 61.4 cm³/mol. The lowest BCUT2D eigenvalue weighted by Crippen LogP contribution is -2.35. The molecule has 0 aliphatic rings. The number of carbonyl (C=O) groups is 1. The fourth-order valence-electron chi connectivity index (χ4n) is 1.45. The first-order valence-electron chi connectivity index (χ1n) is 5.23. The minimum Gasteiger partial charge on any atom is -0.480 e. The number of amides is 1. The number of pyridine rings is 1. The van der Waals surface area contributed by atoms with Crippen molar-refractivity contribution in [1.82, 2.24) is 9.88 Å². The summed E-state index contributed by atoms with van der Waals surface area (Å²) >= 11 is 0. The quantitative estimate of drug-likeness (QED) is 0.789. The molecule has 5 heteroatoms. The Morgan fingerprint density at radius 2 is 2.38 bits per heavy atom. The second-order valence-electron chi connectivity index (χ2n) is 3.23. The van der Waals surface area contributed by atoms with Crippen molar-refractivity contribution in [1.29, 1.82) is 0 Å². The van der Waals surface area contributed by atoms with Crippen molar-refractivity contribution >= 4 is 5.91 Å². The van der Waals surface area contributed by atoms with E-state index in [0.717, 1.165) is 0 Å². The van der Waals surface area contributed by atoms with Crippen LogP contribution in [0.25, 0.3) is 0 Å². The Labute approximate surface area is 95.2 Å². The number of aromatic nitrogens is 1. The molecule has 0 spiro atoms. The van der Waals surface area contributed by atoms with Crippen molar-refractivity contribution in [2.24, 2.45) is 5.73 Å². The molecule has 88 valence electrons. The van der Waals surface area contributed by atoms with Crippen LogP contribution in [0, 0.1) is 0 Å². The van der Waals surface area contributed by atoms with E-state index in [4.69, 9.17) is 10.5 Å². The van der Waals surface area contributed by atoms with Crippen LogP contribution in [0.15, 0.2) is 18.3 Å². The van der Waals surface area contributed by atoms with Crippen LogP contribution in [0.2, 0.25) is 0 Å². The van der Waals surface area contributed by atoms with E-state index < -0.39 is 0 Å². The van der Waals surface area contributed by atoms with Gasteiger partial charge in [-0.15, -0.1) is 0 Å². The van der Waals surface area contributed by atoms with Gasteiger partial charge in [0.25, 0.3) is 5.91 Å². The van der Waals surface area contributed by atoms with Crippen LogP contribution in [0.5, 0.6) is 5.88 Å². The molecule has 1 rings (SSSR count). The molecule has 0 aliphatic heterocycles. The lowest BCUT2D eigenvalue weighted by Gasteiger charge is -2.20. The zero-order chi connectivity index (χ0) is 12.0. The number of rotatable bonds is 5. The van der Waals surface area contributed by atoms with Gasteiger partial charge in [-0.1, -0.05) is 0 Å². The standard InChI is InChI=1S/C11H17N3O2/c1-3-14(8-6-12)11(15)9-5-4-7-13-10(9)16-2/h4-5,7H,3,6,8,12H2,1-2H3. The summed E-state index contributed by atoms with van der Waals surface area (Å²) in [5.74, 6) is 0.251. The Balaban J connectivity index is 2.93. The van der Waals surface area contributed by atoms with Gasteiger partial charge in [-0.3, -0.25) is 4.79 Å². The molecule has 5 nitrogen and oxygen atoms in total. The molecule has 1 aromatic rings.